The van der Waals surface area contributed by atoms with Crippen LogP contribution in [0.5, 0.6) is 0 Å². The summed E-state index contributed by atoms with van der Waals surface area (Å²) in [5.74, 6) is 0.903. The van der Waals surface area contributed by atoms with Crippen molar-refractivity contribution in [2.45, 2.75) is 40.0 Å². The fourth-order valence-corrected chi connectivity index (χ4v) is 0.612. The highest BCUT2D eigenvalue weighted by Gasteiger charge is 1.88. The predicted molar refractivity (Wildman–Crippen MR) is 41.6 cm³/mol. The molecule has 0 radical (unpaired) electrons. The van der Waals surface area contributed by atoms with Crippen molar-refractivity contribution in [3.05, 3.63) is 0 Å². The van der Waals surface area contributed by atoms with Crippen LogP contribution in [0.3, 0.4) is 0 Å². The number of rotatable bonds is 3. The van der Waals surface area contributed by atoms with Gasteiger partial charge in [-0.3, -0.25) is 0 Å². The van der Waals surface area contributed by atoms with E-state index in [1.807, 2.05) is 0 Å². The zero-order chi connectivity index (χ0) is 5.70. The van der Waals surface area contributed by atoms with Gasteiger partial charge in [-0.05, 0) is 5.92 Å². The van der Waals surface area contributed by atoms with Gasteiger partial charge in [0.05, 0.1) is 0 Å². The molecule has 0 aliphatic carbocycles. The summed E-state index contributed by atoms with van der Waals surface area (Å²) in [5.41, 5.74) is 0. The Kier molecular flexibility index (Phi) is 19.2. The summed E-state index contributed by atoms with van der Waals surface area (Å²) in [6, 6.07) is 0. The molecule has 0 bridgehead atoms. The first kappa shape index (κ1) is 16.0. The largest absolute Gasteiger partial charge is 0.412 e. The summed E-state index contributed by atoms with van der Waals surface area (Å²) in [6.07, 6.45) is 4.15. The van der Waals surface area contributed by atoms with Crippen molar-refractivity contribution in [3.8, 4) is 0 Å². The fraction of sp³-hybridized carbons (Fsp3) is 1.00. The molecule has 0 saturated carbocycles. The van der Waals surface area contributed by atoms with Crippen molar-refractivity contribution in [1.29, 1.82) is 0 Å². The molecular weight excluding hydrogens is 116 g/mol. The van der Waals surface area contributed by atoms with Gasteiger partial charge in [0.1, 0.15) is 0 Å². The maximum absolute atomic E-state index is 2.27. The number of unbranched alkanes of at least 4 members (excludes halogenated alkanes) is 1. The van der Waals surface area contributed by atoms with Crippen molar-refractivity contribution in [1.82, 2.24) is 0 Å². The molecule has 0 atom stereocenters. The summed E-state index contributed by atoms with van der Waals surface area (Å²) in [4.78, 5) is 0. The van der Waals surface area contributed by atoms with Crippen LogP contribution >= 0.6 is 0 Å². The van der Waals surface area contributed by atoms with Gasteiger partial charge < -0.3 is 11.0 Å². The molecule has 0 aromatic heterocycles. The van der Waals surface area contributed by atoms with E-state index in [1.165, 1.54) is 19.3 Å². The molecule has 0 unspecified atom stereocenters. The molecule has 2 heteroatoms. The van der Waals surface area contributed by atoms with Crippen LogP contribution < -0.4 is 0 Å². The van der Waals surface area contributed by atoms with Crippen molar-refractivity contribution < 1.29 is 11.0 Å². The maximum Gasteiger partial charge on any atom is -0.0471 e. The normalized spacial score (nSPS) is 8.00. The number of hydrogen-bond donors (Lipinski definition) is 0. The van der Waals surface area contributed by atoms with Crippen molar-refractivity contribution in [2.24, 2.45) is 5.92 Å². The third-order valence-corrected chi connectivity index (χ3v) is 1.14. The molecule has 9 heavy (non-hydrogen) atoms. The summed E-state index contributed by atoms with van der Waals surface area (Å²) in [5, 5.41) is 0. The molecule has 0 aliphatic heterocycles. The first-order valence-corrected chi connectivity index (χ1v) is 3.27. The van der Waals surface area contributed by atoms with Gasteiger partial charge in [0.25, 0.3) is 0 Å². The molecule has 0 aliphatic rings. The Labute approximate surface area is 57.9 Å². The van der Waals surface area contributed by atoms with Gasteiger partial charge in [-0.25, -0.2) is 0 Å². The Morgan fingerprint density at radius 3 is 1.67 bits per heavy atom. The molecule has 0 spiro atoms. The van der Waals surface area contributed by atoms with Gasteiger partial charge in [0.2, 0.25) is 0 Å². The topological polar surface area (TPSA) is 63.0 Å². The monoisotopic (exact) mass is 136 g/mol. The highest BCUT2D eigenvalue weighted by atomic mass is 16.0. The molecule has 0 saturated heterocycles. The second-order valence-electron chi connectivity index (χ2n) is 2.54. The lowest BCUT2D eigenvalue weighted by molar-refractivity contribution is 0.550. The van der Waals surface area contributed by atoms with E-state index < -0.39 is 0 Å². The lowest BCUT2D eigenvalue weighted by atomic mass is 10.1. The molecule has 2 nitrogen and oxygen atoms in total. The standard InChI is InChI=1S/C7H16.2H2O/c1-4-5-6-7(2)3;;/h7H,4-6H2,1-3H3;2*1H2. The Morgan fingerprint density at radius 1 is 1.11 bits per heavy atom. The Morgan fingerprint density at radius 2 is 1.56 bits per heavy atom. The van der Waals surface area contributed by atoms with Crippen molar-refractivity contribution in [3.63, 3.8) is 0 Å². The van der Waals surface area contributed by atoms with Crippen LogP contribution in [0, 0.1) is 5.92 Å². The van der Waals surface area contributed by atoms with Gasteiger partial charge in [0, 0.05) is 0 Å². The summed E-state index contributed by atoms with van der Waals surface area (Å²) in [6.45, 7) is 6.79. The van der Waals surface area contributed by atoms with Crippen molar-refractivity contribution in [2.75, 3.05) is 0 Å². The molecule has 60 valence electrons. The molecule has 4 N–H and O–H groups in total. The predicted octanol–water partition coefficient (Wildman–Crippen LogP) is 1.18. The Hall–Kier alpha value is -0.0800. The zero-order valence-corrected chi connectivity index (χ0v) is 6.70. The molecule has 0 amide bonds. The third kappa shape index (κ3) is 18.1. The molecule has 0 aromatic rings. The van der Waals surface area contributed by atoms with E-state index in [0.717, 1.165) is 5.92 Å². The van der Waals surface area contributed by atoms with Crippen LogP contribution in [0.1, 0.15) is 40.0 Å². The Balaban J connectivity index is -0.000000180. The SMILES string of the molecule is CCCCC(C)C.O.O. The maximum atomic E-state index is 2.27. The summed E-state index contributed by atoms with van der Waals surface area (Å²) >= 11 is 0. The lowest BCUT2D eigenvalue weighted by Gasteiger charge is -1.98. The molecule has 0 rings (SSSR count). The zero-order valence-electron chi connectivity index (χ0n) is 6.70. The van der Waals surface area contributed by atoms with Gasteiger partial charge in [-0.2, -0.15) is 0 Å². The van der Waals surface area contributed by atoms with E-state index in [0.29, 0.717) is 0 Å². The van der Waals surface area contributed by atoms with Gasteiger partial charge in [0.15, 0.2) is 0 Å². The van der Waals surface area contributed by atoms with E-state index in [2.05, 4.69) is 20.8 Å². The lowest BCUT2D eigenvalue weighted by Crippen LogP contribution is -1.83. The first-order chi connectivity index (χ1) is 3.27. The highest BCUT2D eigenvalue weighted by molar-refractivity contribution is 4.42. The molecule has 0 heterocycles. The third-order valence-electron chi connectivity index (χ3n) is 1.14. The van der Waals surface area contributed by atoms with E-state index in [9.17, 15) is 0 Å². The molecule has 0 aromatic carbocycles. The number of hydrogen-bond acceptors (Lipinski definition) is 0. The van der Waals surface area contributed by atoms with E-state index in [-0.39, 0.29) is 11.0 Å². The van der Waals surface area contributed by atoms with Crippen LogP contribution in [0.25, 0.3) is 0 Å². The minimum absolute atomic E-state index is 0. The van der Waals surface area contributed by atoms with Crippen molar-refractivity contribution >= 4 is 0 Å². The first-order valence-electron chi connectivity index (χ1n) is 3.27. The highest BCUT2D eigenvalue weighted by Crippen LogP contribution is 2.04. The van der Waals surface area contributed by atoms with Crippen LogP contribution in [-0.2, 0) is 0 Å². The average Bonchev–Trinajstić information content (AvgIpc) is 1.61. The van der Waals surface area contributed by atoms with Gasteiger partial charge in [-0.15, -0.1) is 0 Å². The minimum Gasteiger partial charge on any atom is -0.412 e. The van der Waals surface area contributed by atoms with Crippen LogP contribution in [0.2, 0.25) is 0 Å². The molecular formula is C7H20O2. The second kappa shape index (κ2) is 10.8. The minimum atomic E-state index is 0. The molecule has 0 fully saturated rings. The van der Waals surface area contributed by atoms with Crippen LogP contribution in [0.15, 0.2) is 0 Å². The summed E-state index contributed by atoms with van der Waals surface area (Å²) < 4.78 is 0. The Bertz CT molecular complexity index is 35.9. The van der Waals surface area contributed by atoms with Gasteiger partial charge in [-0.1, -0.05) is 40.0 Å². The van der Waals surface area contributed by atoms with E-state index in [4.69, 9.17) is 0 Å². The van der Waals surface area contributed by atoms with E-state index in [1.54, 1.807) is 0 Å². The van der Waals surface area contributed by atoms with Crippen LogP contribution in [-0.4, -0.2) is 11.0 Å². The second-order valence-corrected chi connectivity index (χ2v) is 2.54. The summed E-state index contributed by atoms with van der Waals surface area (Å²) in [7, 11) is 0. The smallest absolute Gasteiger partial charge is 0.0471 e. The quantitative estimate of drug-likeness (QED) is 0.559. The average molecular weight is 136 g/mol. The van der Waals surface area contributed by atoms with E-state index >= 15 is 0 Å². The van der Waals surface area contributed by atoms with Gasteiger partial charge >= 0.3 is 0 Å². The fourth-order valence-electron chi connectivity index (χ4n) is 0.612. The van der Waals surface area contributed by atoms with Crippen LogP contribution in [0.4, 0.5) is 0 Å².